The molecule has 1 heterocycles. The van der Waals surface area contributed by atoms with Gasteiger partial charge in [0.2, 0.25) is 0 Å². The molecule has 1 aliphatic heterocycles. The molecule has 0 aromatic rings. The van der Waals surface area contributed by atoms with Crippen molar-refractivity contribution in [1.82, 2.24) is 0 Å². The summed E-state index contributed by atoms with van der Waals surface area (Å²) < 4.78 is 11.0. The van der Waals surface area contributed by atoms with Gasteiger partial charge in [0.25, 0.3) is 0 Å². The summed E-state index contributed by atoms with van der Waals surface area (Å²) in [5, 5.41) is 1.000. The van der Waals surface area contributed by atoms with Crippen molar-refractivity contribution in [1.29, 1.82) is 0 Å². The van der Waals surface area contributed by atoms with Crippen LogP contribution in [0, 0.1) is 5.92 Å². The fourth-order valence-electron chi connectivity index (χ4n) is 1.16. The average Bonchev–Trinajstić information content (AvgIpc) is 2.16. The summed E-state index contributed by atoms with van der Waals surface area (Å²) in [6.07, 6.45) is 3.57. The Morgan fingerprint density at radius 1 is 1.58 bits per heavy atom. The zero-order valence-corrected chi connectivity index (χ0v) is 9.18. The molecule has 0 unspecified atom stereocenters. The lowest BCUT2D eigenvalue weighted by atomic mass is 10.2. The number of ether oxygens (including phenoxy) is 2. The maximum Gasteiger partial charge on any atom is 0.157 e. The average molecular weight is 237 g/mol. The molecular formula is C9H17BrO2. The minimum atomic E-state index is 0.0697. The normalized spacial score (nSPS) is 27.0. The quantitative estimate of drug-likeness (QED) is 0.699. The zero-order chi connectivity index (χ0) is 8.81. The van der Waals surface area contributed by atoms with Gasteiger partial charge in [0.15, 0.2) is 6.29 Å². The summed E-state index contributed by atoms with van der Waals surface area (Å²) >= 11 is 3.42. The molecule has 2 atom stereocenters. The zero-order valence-electron chi connectivity index (χ0n) is 7.59. The second kappa shape index (κ2) is 5.95. The molecule has 1 rings (SSSR count). The molecule has 1 aliphatic rings. The van der Waals surface area contributed by atoms with Crippen molar-refractivity contribution < 1.29 is 9.47 Å². The SMILES string of the molecule is C[C@@H](CBr)CO[C@@H]1CCCCO1. The van der Waals surface area contributed by atoms with Gasteiger partial charge in [-0.25, -0.2) is 0 Å². The second-order valence-corrected chi connectivity index (χ2v) is 4.04. The van der Waals surface area contributed by atoms with Gasteiger partial charge in [-0.15, -0.1) is 0 Å². The molecule has 72 valence electrons. The number of alkyl halides is 1. The molecule has 12 heavy (non-hydrogen) atoms. The van der Waals surface area contributed by atoms with Gasteiger partial charge < -0.3 is 9.47 Å². The van der Waals surface area contributed by atoms with E-state index in [1.165, 1.54) is 12.8 Å². The Morgan fingerprint density at radius 2 is 2.42 bits per heavy atom. The molecule has 0 bridgehead atoms. The van der Waals surface area contributed by atoms with Gasteiger partial charge >= 0.3 is 0 Å². The summed E-state index contributed by atoms with van der Waals surface area (Å²) in [6, 6.07) is 0. The summed E-state index contributed by atoms with van der Waals surface area (Å²) in [5.74, 6) is 0.579. The predicted octanol–water partition coefficient (Wildman–Crippen LogP) is 2.56. The Kier molecular flexibility index (Phi) is 5.19. The van der Waals surface area contributed by atoms with Crippen LogP contribution in [-0.2, 0) is 9.47 Å². The molecule has 0 aromatic carbocycles. The van der Waals surface area contributed by atoms with Gasteiger partial charge in [-0.2, -0.15) is 0 Å². The van der Waals surface area contributed by atoms with E-state index in [2.05, 4.69) is 22.9 Å². The summed E-state index contributed by atoms with van der Waals surface area (Å²) in [4.78, 5) is 0. The third-order valence-corrected chi connectivity index (χ3v) is 3.07. The standard InChI is InChI=1S/C9H17BrO2/c1-8(6-10)7-12-9-4-2-3-5-11-9/h8-9H,2-7H2,1H3/t8-,9+/m0/s1. The van der Waals surface area contributed by atoms with Gasteiger partial charge in [-0.05, 0) is 25.2 Å². The molecule has 0 saturated carbocycles. The highest BCUT2D eigenvalue weighted by atomic mass is 79.9. The first-order valence-electron chi connectivity index (χ1n) is 4.62. The molecular weight excluding hydrogens is 220 g/mol. The third kappa shape index (κ3) is 3.87. The van der Waals surface area contributed by atoms with Crippen LogP contribution in [0.5, 0.6) is 0 Å². The fourth-order valence-corrected chi connectivity index (χ4v) is 1.35. The highest BCUT2D eigenvalue weighted by molar-refractivity contribution is 9.09. The van der Waals surface area contributed by atoms with E-state index in [9.17, 15) is 0 Å². The lowest BCUT2D eigenvalue weighted by molar-refractivity contribution is -0.167. The van der Waals surface area contributed by atoms with E-state index in [4.69, 9.17) is 9.47 Å². The van der Waals surface area contributed by atoms with Crippen molar-refractivity contribution in [3.63, 3.8) is 0 Å². The number of halogens is 1. The molecule has 0 N–H and O–H groups in total. The molecule has 0 aliphatic carbocycles. The van der Waals surface area contributed by atoms with Crippen LogP contribution < -0.4 is 0 Å². The Labute approximate surface area is 82.7 Å². The van der Waals surface area contributed by atoms with Crippen LogP contribution in [0.2, 0.25) is 0 Å². The van der Waals surface area contributed by atoms with Crippen LogP contribution in [0.25, 0.3) is 0 Å². The summed E-state index contributed by atoms with van der Waals surface area (Å²) in [7, 11) is 0. The Bertz CT molecular complexity index is 113. The van der Waals surface area contributed by atoms with Crippen molar-refractivity contribution in [2.75, 3.05) is 18.5 Å². The molecule has 0 aromatic heterocycles. The highest BCUT2D eigenvalue weighted by Crippen LogP contribution is 2.14. The van der Waals surface area contributed by atoms with Crippen molar-refractivity contribution in [3.05, 3.63) is 0 Å². The maximum atomic E-state index is 5.58. The monoisotopic (exact) mass is 236 g/mol. The van der Waals surface area contributed by atoms with Crippen LogP contribution in [0.3, 0.4) is 0 Å². The molecule has 3 heteroatoms. The first-order chi connectivity index (χ1) is 5.83. The lowest BCUT2D eigenvalue weighted by Gasteiger charge is -2.23. The molecule has 1 saturated heterocycles. The largest absolute Gasteiger partial charge is 0.353 e. The van der Waals surface area contributed by atoms with E-state index in [0.29, 0.717) is 5.92 Å². The van der Waals surface area contributed by atoms with Gasteiger partial charge in [-0.1, -0.05) is 22.9 Å². The van der Waals surface area contributed by atoms with Gasteiger partial charge in [0, 0.05) is 11.9 Å². The van der Waals surface area contributed by atoms with E-state index in [1.54, 1.807) is 0 Å². The van der Waals surface area contributed by atoms with Gasteiger partial charge in [-0.3, -0.25) is 0 Å². The molecule has 2 nitrogen and oxygen atoms in total. The Morgan fingerprint density at radius 3 is 3.00 bits per heavy atom. The first kappa shape index (κ1) is 10.5. The van der Waals surface area contributed by atoms with Crippen molar-refractivity contribution in [2.24, 2.45) is 5.92 Å². The summed E-state index contributed by atoms with van der Waals surface area (Å²) in [5.41, 5.74) is 0. The predicted molar refractivity (Wildman–Crippen MR) is 52.5 cm³/mol. The van der Waals surface area contributed by atoms with Crippen LogP contribution in [0.4, 0.5) is 0 Å². The lowest BCUT2D eigenvalue weighted by Crippen LogP contribution is -2.24. The third-order valence-electron chi connectivity index (χ3n) is 1.97. The van der Waals surface area contributed by atoms with Gasteiger partial charge in [0.05, 0.1) is 6.61 Å². The molecule has 1 fully saturated rings. The molecule has 0 amide bonds. The fraction of sp³-hybridized carbons (Fsp3) is 1.00. The summed E-state index contributed by atoms with van der Waals surface area (Å²) in [6.45, 7) is 3.83. The van der Waals surface area contributed by atoms with E-state index in [1.807, 2.05) is 0 Å². The van der Waals surface area contributed by atoms with Crippen LogP contribution in [0.1, 0.15) is 26.2 Å². The van der Waals surface area contributed by atoms with Crippen LogP contribution >= 0.6 is 15.9 Å². The topological polar surface area (TPSA) is 18.5 Å². The molecule has 0 spiro atoms. The van der Waals surface area contributed by atoms with E-state index in [0.717, 1.165) is 25.0 Å². The smallest absolute Gasteiger partial charge is 0.157 e. The molecule has 0 radical (unpaired) electrons. The van der Waals surface area contributed by atoms with E-state index < -0.39 is 0 Å². The van der Waals surface area contributed by atoms with Crippen LogP contribution in [-0.4, -0.2) is 24.8 Å². The number of hydrogen-bond acceptors (Lipinski definition) is 2. The van der Waals surface area contributed by atoms with E-state index in [-0.39, 0.29) is 6.29 Å². The Balaban J connectivity index is 2.05. The van der Waals surface area contributed by atoms with Crippen molar-refractivity contribution >= 4 is 15.9 Å². The maximum absolute atomic E-state index is 5.58. The van der Waals surface area contributed by atoms with Crippen molar-refractivity contribution in [2.45, 2.75) is 32.5 Å². The number of rotatable bonds is 4. The van der Waals surface area contributed by atoms with Crippen LogP contribution in [0.15, 0.2) is 0 Å². The number of hydrogen-bond donors (Lipinski definition) is 0. The highest BCUT2D eigenvalue weighted by Gasteiger charge is 2.14. The Hall–Kier alpha value is 0.400. The first-order valence-corrected chi connectivity index (χ1v) is 5.74. The second-order valence-electron chi connectivity index (χ2n) is 3.39. The van der Waals surface area contributed by atoms with E-state index >= 15 is 0 Å². The minimum absolute atomic E-state index is 0.0697. The van der Waals surface area contributed by atoms with Crippen molar-refractivity contribution in [3.8, 4) is 0 Å². The minimum Gasteiger partial charge on any atom is -0.353 e. The van der Waals surface area contributed by atoms with Gasteiger partial charge in [0.1, 0.15) is 0 Å².